The van der Waals surface area contributed by atoms with Crippen LogP contribution in [0.2, 0.25) is 0 Å². The summed E-state index contributed by atoms with van der Waals surface area (Å²) in [6.07, 6.45) is 0.603. The van der Waals surface area contributed by atoms with Crippen molar-refractivity contribution in [1.82, 2.24) is 9.62 Å². The normalized spacial score (nSPS) is 17.8. The highest BCUT2D eigenvalue weighted by Crippen LogP contribution is 2.29. The number of ether oxygens (including phenoxy) is 2. The zero-order valence-electron chi connectivity index (χ0n) is 13.8. The minimum Gasteiger partial charge on any atom is -0.496 e. The number of benzene rings is 1. The summed E-state index contributed by atoms with van der Waals surface area (Å²) in [5.74, 6) is 0.924. The highest BCUT2D eigenvalue weighted by atomic mass is 32.2. The second kappa shape index (κ2) is 8.63. The molecule has 1 N–H and O–H groups in total. The van der Waals surface area contributed by atoms with Gasteiger partial charge in [-0.1, -0.05) is 25.1 Å². The molecule has 0 amide bonds. The molecule has 1 fully saturated rings. The number of rotatable bonds is 8. The summed E-state index contributed by atoms with van der Waals surface area (Å²) in [7, 11) is -1.61. The van der Waals surface area contributed by atoms with Crippen LogP contribution in [0.25, 0.3) is 0 Å². The molecule has 1 aromatic rings. The van der Waals surface area contributed by atoms with Crippen molar-refractivity contribution in [3.8, 4) is 5.75 Å². The van der Waals surface area contributed by atoms with Crippen LogP contribution in [-0.4, -0.2) is 59.0 Å². The van der Waals surface area contributed by atoms with Crippen LogP contribution in [0.15, 0.2) is 24.3 Å². The monoisotopic (exact) mass is 342 g/mol. The Morgan fingerprint density at radius 2 is 2.00 bits per heavy atom. The van der Waals surface area contributed by atoms with E-state index in [0.717, 1.165) is 24.4 Å². The summed E-state index contributed by atoms with van der Waals surface area (Å²) in [4.78, 5) is 2.25. The highest BCUT2D eigenvalue weighted by Gasteiger charge is 2.26. The molecule has 1 unspecified atom stereocenters. The van der Waals surface area contributed by atoms with E-state index >= 15 is 0 Å². The predicted molar refractivity (Wildman–Crippen MR) is 90.2 cm³/mol. The molecule has 0 aromatic heterocycles. The van der Waals surface area contributed by atoms with E-state index < -0.39 is 10.0 Å². The van der Waals surface area contributed by atoms with Gasteiger partial charge in [-0.05, 0) is 12.5 Å². The molecule has 6 nitrogen and oxygen atoms in total. The maximum absolute atomic E-state index is 12.0. The lowest BCUT2D eigenvalue weighted by molar-refractivity contribution is 0.0167. The third kappa shape index (κ3) is 5.17. The van der Waals surface area contributed by atoms with Gasteiger partial charge in [0, 0.05) is 25.2 Å². The SMILES string of the molecule is CCCS(=O)(=O)NCC(c1ccccc1OC)N1CCOCC1. The van der Waals surface area contributed by atoms with Crippen molar-refractivity contribution in [1.29, 1.82) is 0 Å². The first-order chi connectivity index (χ1) is 11.1. The van der Waals surface area contributed by atoms with Crippen molar-refractivity contribution in [2.75, 3.05) is 45.7 Å². The maximum Gasteiger partial charge on any atom is 0.211 e. The number of methoxy groups -OCH3 is 1. The number of nitrogens with zero attached hydrogens (tertiary/aromatic N) is 1. The van der Waals surface area contributed by atoms with Gasteiger partial charge >= 0.3 is 0 Å². The van der Waals surface area contributed by atoms with Crippen molar-refractivity contribution in [3.05, 3.63) is 29.8 Å². The number of sulfonamides is 1. The first-order valence-corrected chi connectivity index (χ1v) is 9.64. The fraction of sp³-hybridized carbons (Fsp3) is 0.625. The smallest absolute Gasteiger partial charge is 0.211 e. The standard InChI is InChI=1S/C16H26N2O4S/c1-3-12-23(19,20)17-13-15(18-8-10-22-11-9-18)14-6-4-5-7-16(14)21-2/h4-7,15,17H,3,8-13H2,1-2H3. The Balaban J connectivity index is 2.21. The van der Waals surface area contributed by atoms with Gasteiger partial charge in [0.1, 0.15) is 5.75 Å². The van der Waals surface area contributed by atoms with E-state index in [1.54, 1.807) is 7.11 Å². The van der Waals surface area contributed by atoms with Crippen LogP contribution in [0.5, 0.6) is 5.75 Å². The van der Waals surface area contributed by atoms with Gasteiger partial charge in [-0.3, -0.25) is 4.90 Å². The van der Waals surface area contributed by atoms with Crippen molar-refractivity contribution in [3.63, 3.8) is 0 Å². The van der Waals surface area contributed by atoms with Crippen LogP contribution in [-0.2, 0) is 14.8 Å². The Hall–Kier alpha value is -1.15. The Morgan fingerprint density at radius 1 is 1.30 bits per heavy atom. The van der Waals surface area contributed by atoms with E-state index in [1.165, 1.54) is 0 Å². The minimum atomic E-state index is -3.24. The number of morpholine rings is 1. The second-order valence-electron chi connectivity index (χ2n) is 5.57. The Morgan fingerprint density at radius 3 is 2.65 bits per heavy atom. The number of hydrogen-bond acceptors (Lipinski definition) is 5. The minimum absolute atomic E-state index is 0.0679. The third-order valence-electron chi connectivity index (χ3n) is 3.95. The van der Waals surface area contributed by atoms with Gasteiger partial charge in [0.15, 0.2) is 0 Å². The quantitative estimate of drug-likeness (QED) is 0.773. The molecule has 1 aromatic carbocycles. The van der Waals surface area contributed by atoms with Crippen molar-refractivity contribution in [2.45, 2.75) is 19.4 Å². The van der Waals surface area contributed by atoms with Crippen LogP contribution in [0.1, 0.15) is 24.9 Å². The van der Waals surface area contributed by atoms with E-state index in [2.05, 4.69) is 9.62 Å². The van der Waals surface area contributed by atoms with Gasteiger partial charge in [0.25, 0.3) is 0 Å². The largest absolute Gasteiger partial charge is 0.496 e. The van der Waals surface area contributed by atoms with E-state index in [0.29, 0.717) is 26.2 Å². The number of hydrogen-bond donors (Lipinski definition) is 1. The molecule has 0 saturated carbocycles. The summed E-state index contributed by atoms with van der Waals surface area (Å²) >= 11 is 0. The van der Waals surface area contributed by atoms with E-state index in [9.17, 15) is 8.42 Å². The summed E-state index contributed by atoms with van der Waals surface area (Å²) in [5, 5.41) is 0. The average Bonchev–Trinajstić information content (AvgIpc) is 2.56. The van der Waals surface area contributed by atoms with Crippen LogP contribution < -0.4 is 9.46 Å². The molecule has 1 aliphatic heterocycles. The number of para-hydroxylation sites is 1. The summed E-state index contributed by atoms with van der Waals surface area (Å²) in [6.45, 7) is 5.07. The summed E-state index contributed by atoms with van der Waals surface area (Å²) < 4.78 is 37.7. The van der Waals surface area contributed by atoms with E-state index in [-0.39, 0.29) is 11.8 Å². The molecule has 0 bridgehead atoms. The molecule has 7 heteroatoms. The van der Waals surface area contributed by atoms with Crippen LogP contribution in [0.4, 0.5) is 0 Å². The Labute approximate surface area is 138 Å². The molecule has 2 rings (SSSR count). The van der Waals surface area contributed by atoms with Gasteiger partial charge in [-0.2, -0.15) is 0 Å². The topological polar surface area (TPSA) is 67.9 Å². The highest BCUT2D eigenvalue weighted by molar-refractivity contribution is 7.89. The van der Waals surface area contributed by atoms with E-state index in [1.807, 2.05) is 31.2 Å². The zero-order valence-corrected chi connectivity index (χ0v) is 14.6. The Bertz CT molecular complexity index is 585. The van der Waals surface area contributed by atoms with Gasteiger partial charge in [0.2, 0.25) is 10.0 Å². The average molecular weight is 342 g/mol. The molecular formula is C16H26N2O4S. The molecule has 0 spiro atoms. The second-order valence-corrected chi connectivity index (χ2v) is 7.50. The Kier molecular flexibility index (Phi) is 6.83. The third-order valence-corrected chi connectivity index (χ3v) is 5.51. The molecule has 1 saturated heterocycles. The van der Waals surface area contributed by atoms with E-state index in [4.69, 9.17) is 9.47 Å². The molecule has 130 valence electrons. The van der Waals surface area contributed by atoms with Crippen LogP contribution in [0.3, 0.4) is 0 Å². The summed E-state index contributed by atoms with van der Waals surface area (Å²) in [5.41, 5.74) is 0.996. The van der Waals surface area contributed by atoms with Gasteiger partial charge in [0.05, 0.1) is 32.1 Å². The van der Waals surface area contributed by atoms with Crippen molar-refractivity contribution >= 4 is 10.0 Å². The van der Waals surface area contributed by atoms with Crippen LogP contribution >= 0.6 is 0 Å². The van der Waals surface area contributed by atoms with Crippen molar-refractivity contribution in [2.24, 2.45) is 0 Å². The predicted octanol–water partition coefficient (Wildman–Crippen LogP) is 1.40. The lowest BCUT2D eigenvalue weighted by atomic mass is 10.0. The first-order valence-electron chi connectivity index (χ1n) is 7.99. The first kappa shape index (κ1) is 18.2. The van der Waals surface area contributed by atoms with Gasteiger partial charge in [-0.15, -0.1) is 0 Å². The fourth-order valence-corrected chi connectivity index (χ4v) is 3.91. The molecule has 1 heterocycles. The lowest BCUT2D eigenvalue weighted by Crippen LogP contribution is -2.44. The lowest BCUT2D eigenvalue weighted by Gasteiger charge is -2.35. The molecule has 23 heavy (non-hydrogen) atoms. The maximum atomic E-state index is 12.0. The van der Waals surface area contributed by atoms with Crippen molar-refractivity contribution < 1.29 is 17.9 Å². The summed E-state index contributed by atoms with van der Waals surface area (Å²) in [6, 6.07) is 7.70. The molecule has 0 radical (unpaired) electrons. The zero-order chi connectivity index (χ0) is 16.7. The van der Waals surface area contributed by atoms with Gasteiger partial charge in [-0.25, -0.2) is 13.1 Å². The van der Waals surface area contributed by atoms with Gasteiger partial charge < -0.3 is 9.47 Å². The fourth-order valence-electron chi connectivity index (χ4n) is 2.81. The molecule has 1 atom stereocenters. The van der Waals surface area contributed by atoms with Crippen LogP contribution in [0, 0.1) is 0 Å². The molecule has 1 aliphatic rings. The molecular weight excluding hydrogens is 316 g/mol. The number of nitrogens with one attached hydrogen (secondary N) is 1. The molecule has 0 aliphatic carbocycles.